The fraction of sp³-hybridized carbons (Fsp3) is 0.250. The van der Waals surface area contributed by atoms with E-state index in [2.05, 4.69) is 4.98 Å². The fourth-order valence-electron chi connectivity index (χ4n) is 1.43. The van der Waals surface area contributed by atoms with Gasteiger partial charge in [-0.05, 0) is 25.5 Å². The molecule has 0 bridgehead atoms. The smallest absolute Gasteiger partial charge is 0.155 e. The van der Waals surface area contributed by atoms with Crippen molar-refractivity contribution in [2.24, 2.45) is 0 Å². The van der Waals surface area contributed by atoms with Crippen LogP contribution in [0.3, 0.4) is 0 Å². The van der Waals surface area contributed by atoms with Crippen molar-refractivity contribution in [2.75, 3.05) is 0 Å². The van der Waals surface area contributed by atoms with E-state index in [0.717, 1.165) is 10.0 Å². The Labute approximate surface area is 108 Å². The molecular weight excluding hydrogens is 257 g/mol. The first-order valence-electron chi connectivity index (χ1n) is 5.14. The SMILES string of the molecule is Cc1csc(Sc2c(F)cccc2[C@@H](C)O)n1. The molecule has 0 saturated carbocycles. The summed E-state index contributed by atoms with van der Waals surface area (Å²) in [6.07, 6.45) is -0.686. The van der Waals surface area contributed by atoms with Crippen molar-refractivity contribution >= 4 is 23.1 Å². The van der Waals surface area contributed by atoms with Gasteiger partial charge >= 0.3 is 0 Å². The maximum absolute atomic E-state index is 13.7. The van der Waals surface area contributed by atoms with Gasteiger partial charge in [-0.2, -0.15) is 0 Å². The van der Waals surface area contributed by atoms with Crippen LogP contribution >= 0.6 is 23.1 Å². The first-order chi connectivity index (χ1) is 8.08. The number of benzene rings is 1. The van der Waals surface area contributed by atoms with Crippen molar-refractivity contribution in [1.29, 1.82) is 0 Å². The van der Waals surface area contributed by atoms with Crippen LogP contribution in [-0.2, 0) is 0 Å². The molecule has 1 aromatic heterocycles. The van der Waals surface area contributed by atoms with Crippen LogP contribution < -0.4 is 0 Å². The average molecular weight is 269 g/mol. The molecule has 17 heavy (non-hydrogen) atoms. The van der Waals surface area contributed by atoms with Gasteiger partial charge in [0, 0.05) is 11.1 Å². The highest BCUT2D eigenvalue weighted by atomic mass is 32.2. The van der Waals surface area contributed by atoms with E-state index in [4.69, 9.17) is 0 Å². The van der Waals surface area contributed by atoms with Gasteiger partial charge in [0.1, 0.15) is 5.82 Å². The first kappa shape index (κ1) is 12.5. The zero-order valence-electron chi connectivity index (χ0n) is 9.48. The fourth-order valence-corrected chi connectivity index (χ4v) is 3.42. The summed E-state index contributed by atoms with van der Waals surface area (Å²) >= 11 is 2.74. The molecule has 5 heteroatoms. The molecule has 2 aromatic rings. The molecule has 0 unspecified atom stereocenters. The Morgan fingerprint density at radius 2 is 2.24 bits per heavy atom. The third-order valence-corrected chi connectivity index (χ3v) is 4.43. The monoisotopic (exact) mass is 269 g/mol. The van der Waals surface area contributed by atoms with Crippen molar-refractivity contribution in [2.45, 2.75) is 29.2 Å². The Morgan fingerprint density at radius 3 is 2.82 bits per heavy atom. The number of aromatic nitrogens is 1. The average Bonchev–Trinajstić information content (AvgIpc) is 2.67. The van der Waals surface area contributed by atoms with Gasteiger partial charge in [0.2, 0.25) is 0 Å². The summed E-state index contributed by atoms with van der Waals surface area (Å²) in [5.74, 6) is -0.318. The summed E-state index contributed by atoms with van der Waals surface area (Å²) in [6.45, 7) is 3.53. The van der Waals surface area contributed by atoms with E-state index in [0.29, 0.717) is 10.5 Å². The number of thiazole rings is 1. The molecule has 0 radical (unpaired) electrons. The van der Waals surface area contributed by atoms with Crippen LogP contribution in [-0.4, -0.2) is 10.1 Å². The lowest BCUT2D eigenvalue weighted by Crippen LogP contribution is -1.96. The molecule has 0 aliphatic heterocycles. The van der Waals surface area contributed by atoms with Gasteiger partial charge in [-0.3, -0.25) is 0 Å². The standard InChI is InChI=1S/C12H12FNOS2/c1-7-6-16-12(14-7)17-11-9(8(2)15)4-3-5-10(11)13/h3-6,8,15H,1-2H3/t8-/m1/s1. The van der Waals surface area contributed by atoms with E-state index in [-0.39, 0.29) is 5.82 Å². The van der Waals surface area contributed by atoms with Crippen LogP contribution in [0.5, 0.6) is 0 Å². The Bertz CT molecular complexity index is 525. The second-order valence-electron chi connectivity index (χ2n) is 3.69. The predicted octanol–water partition coefficient (Wildman–Crippen LogP) is 3.80. The molecule has 1 heterocycles. The summed E-state index contributed by atoms with van der Waals surface area (Å²) in [7, 11) is 0. The predicted molar refractivity (Wildman–Crippen MR) is 68.0 cm³/mol. The Kier molecular flexibility index (Phi) is 3.81. The second-order valence-corrected chi connectivity index (χ2v) is 5.81. The van der Waals surface area contributed by atoms with Crippen molar-refractivity contribution < 1.29 is 9.50 Å². The number of nitrogens with zero attached hydrogens (tertiary/aromatic N) is 1. The molecular formula is C12H12FNOS2. The maximum atomic E-state index is 13.7. The topological polar surface area (TPSA) is 33.1 Å². The summed E-state index contributed by atoms with van der Waals surface area (Å²) in [5.41, 5.74) is 1.52. The highest BCUT2D eigenvalue weighted by molar-refractivity contribution is 8.01. The number of aliphatic hydroxyl groups excluding tert-OH is 1. The van der Waals surface area contributed by atoms with Gasteiger partial charge in [0.05, 0.1) is 11.0 Å². The van der Waals surface area contributed by atoms with Crippen LogP contribution in [0.2, 0.25) is 0 Å². The molecule has 0 aliphatic carbocycles. The Hall–Kier alpha value is -0.910. The third-order valence-electron chi connectivity index (χ3n) is 2.23. The Morgan fingerprint density at radius 1 is 1.47 bits per heavy atom. The van der Waals surface area contributed by atoms with Crippen LogP contribution in [0.25, 0.3) is 0 Å². The van der Waals surface area contributed by atoms with E-state index in [9.17, 15) is 9.50 Å². The van der Waals surface area contributed by atoms with E-state index < -0.39 is 6.10 Å². The van der Waals surface area contributed by atoms with E-state index in [1.54, 1.807) is 19.1 Å². The van der Waals surface area contributed by atoms with Crippen LogP contribution in [0, 0.1) is 12.7 Å². The minimum atomic E-state index is -0.686. The molecule has 1 N–H and O–H groups in total. The number of rotatable bonds is 3. The van der Waals surface area contributed by atoms with E-state index in [1.807, 2.05) is 12.3 Å². The summed E-state index contributed by atoms with van der Waals surface area (Å²) in [4.78, 5) is 4.74. The van der Waals surface area contributed by atoms with Crippen molar-refractivity contribution in [3.63, 3.8) is 0 Å². The molecule has 0 aliphatic rings. The Balaban J connectivity index is 2.37. The zero-order valence-corrected chi connectivity index (χ0v) is 11.1. The molecule has 1 aromatic carbocycles. The van der Waals surface area contributed by atoms with Crippen molar-refractivity contribution in [1.82, 2.24) is 4.98 Å². The van der Waals surface area contributed by atoms with Gasteiger partial charge in [0.15, 0.2) is 4.34 Å². The highest BCUT2D eigenvalue weighted by Gasteiger charge is 2.15. The molecule has 0 spiro atoms. The van der Waals surface area contributed by atoms with Gasteiger partial charge in [-0.1, -0.05) is 23.9 Å². The van der Waals surface area contributed by atoms with Gasteiger partial charge in [0.25, 0.3) is 0 Å². The van der Waals surface area contributed by atoms with Crippen LogP contribution in [0.1, 0.15) is 24.3 Å². The molecule has 2 nitrogen and oxygen atoms in total. The molecule has 0 saturated heterocycles. The number of halogens is 1. The highest BCUT2D eigenvalue weighted by Crippen LogP contribution is 2.36. The minimum Gasteiger partial charge on any atom is -0.389 e. The normalized spacial score (nSPS) is 12.7. The summed E-state index contributed by atoms with van der Waals surface area (Å²) in [6, 6.07) is 4.74. The summed E-state index contributed by atoms with van der Waals surface area (Å²) < 4.78 is 14.5. The van der Waals surface area contributed by atoms with Crippen molar-refractivity contribution in [3.05, 3.63) is 40.7 Å². The lowest BCUT2D eigenvalue weighted by molar-refractivity contribution is 0.195. The first-order valence-corrected chi connectivity index (χ1v) is 6.84. The second kappa shape index (κ2) is 5.16. The lowest BCUT2D eigenvalue weighted by atomic mass is 10.1. The zero-order chi connectivity index (χ0) is 12.4. The molecule has 0 fully saturated rings. The number of hydrogen-bond acceptors (Lipinski definition) is 4. The molecule has 90 valence electrons. The third kappa shape index (κ3) is 2.86. The van der Waals surface area contributed by atoms with Gasteiger partial charge in [-0.15, -0.1) is 11.3 Å². The van der Waals surface area contributed by atoms with Crippen LogP contribution in [0.4, 0.5) is 4.39 Å². The summed E-state index contributed by atoms with van der Waals surface area (Å²) in [5, 5.41) is 11.5. The number of aryl methyl sites for hydroxylation is 1. The number of hydrogen-bond donors (Lipinski definition) is 1. The van der Waals surface area contributed by atoms with Gasteiger partial charge < -0.3 is 5.11 Å². The minimum absolute atomic E-state index is 0.318. The molecule has 1 atom stereocenters. The lowest BCUT2D eigenvalue weighted by Gasteiger charge is -2.10. The number of aliphatic hydroxyl groups is 1. The van der Waals surface area contributed by atoms with E-state index >= 15 is 0 Å². The van der Waals surface area contributed by atoms with Crippen molar-refractivity contribution in [3.8, 4) is 0 Å². The largest absolute Gasteiger partial charge is 0.389 e. The molecule has 2 rings (SSSR count). The van der Waals surface area contributed by atoms with Crippen LogP contribution in [0.15, 0.2) is 32.8 Å². The van der Waals surface area contributed by atoms with E-state index in [1.165, 1.54) is 29.2 Å². The maximum Gasteiger partial charge on any atom is 0.155 e. The quantitative estimate of drug-likeness (QED) is 0.920. The molecule has 0 amide bonds. The van der Waals surface area contributed by atoms with Gasteiger partial charge in [-0.25, -0.2) is 9.37 Å².